The maximum atomic E-state index is 5.56. The molecule has 2 aromatic rings. The van der Waals surface area contributed by atoms with Crippen molar-refractivity contribution in [1.82, 2.24) is 9.97 Å². The second kappa shape index (κ2) is 4.61. The first-order valence-electron chi connectivity index (χ1n) is 5.03. The number of rotatable bonds is 3. The summed E-state index contributed by atoms with van der Waals surface area (Å²) < 4.78 is 5.56. The van der Waals surface area contributed by atoms with Crippen molar-refractivity contribution < 1.29 is 4.74 Å². The van der Waals surface area contributed by atoms with E-state index in [1.54, 1.807) is 12.3 Å². The summed E-state index contributed by atoms with van der Waals surface area (Å²) in [5.74, 6) is 2.02. The summed E-state index contributed by atoms with van der Waals surface area (Å²) >= 11 is 0. The van der Waals surface area contributed by atoms with E-state index in [2.05, 4.69) is 15.3 Å². The number of pyridine rings is 2. The van der Waals surface area contributed by atoms with E-state index < -0.39 is 0 Å². The molecule has 0 atom stereocenters. The third-order valence-corrected chi connectivity index (χ3v) is 2.09. The number of hydrogen-bond acceptors (Lipinski definition) is 4. The van der Waals surface area contributed by atoms with Gasteiger partial charge in [0.2, 0.25) is 5.88 Å². The Bertz CT molecular complexity index is 468. The Morgan fingerprint density at radius 3 is 2.75 bits per heavy atom. The van der Waals surface area contributed by atoms with Crippen LogP contribution in [0.15, 0.2) is 36.5 Å². The Morgan fingerprint density at radius 2 is 2.06 bits per heavy atom. The highest BCUT2D eigenvalue weighted by molar-refractivity contribution is 5.37. The summed E-state index contributed by atoms with van der Waals surface area (Å²) in [4.78, 5) is 8.40. The number of nitrogens with one attached hydrogen (secondary N) is 1. The fourth-order valence-electron chi connectivity index (χ4n) is 1.25. The Hall–Kier alpha value is -2.10. The van der Waals surface area contributed by atoms with Gasteiger partial charge in [0, 0.05) is 18.8 Å². The van der Waals surface area contributed by atoms with E-state index in [-0.39, 0.29) is 0 Å². The van der Waals surface area contributed by atoms with Gasteiger partial charge in [-0.2, -0.15) is 4.98 Å². The summed E-state index contributed by atoms with van der Waals surface area (Å²) in [6, 6.07) is 9.34. The molecule has 0 fully saturated rings. The summed E-state index contributed by atoms with van der Waals surface area (Å²) in [7, 11) is 1.82. The number of nitrogens with zero attached hydrogens (tertiary/aromatic N) is 2. The van der Waals surface area contributed by atoms with E-state index in [1.807, 2.05) is 38.2 Å². The van der Waals surface area contributed by atoms with Gasteiger partial charge in [-0.1, -0.05) is 6.07 Å². The van der Waals surface area contributed by atoms with E-state index in [4.69, 9.17) is 4.74 Å². The first kappa shape index (κ1) is 10.4. The van der Waals surface area contributed by atoms with E-state index in [0.717, 1.165) is 11.5 Å². The molecule has 2 rings (SSSR count). The molecule has 16 heavy (non-hydrogen) atoms. The summed E-state index contributed by atoms with van der Waals surface area (Å²) in [6.45, 7) is 1.93. The number of aromatic nitrogens is 2. The molecular weight excluding hydrogens is 202 g/mol. The van der Waals surface area contributed by atoms with Crippen LogP contribution < -0.4 is 10.1 Å². The molecule has 4 heteroatoms. The standard InChI is InChI=1S/C12H13N3O/c1-9-6-7-10(8-14-9)16-12-5-3-4-11(13-2)15-12/h3-8H,1-2H3,(H,13,15). The molecule has 0 bridgehead atoms. The lowest BCUT2D eigenvalue weighted by Crippen LogP contribution is -1.94. The normalized spacial score (nSPS) is 9.88. The highest BCUT2D eigenvalue weighted by Crippen LogP contribution is 2.19. The molecule has 0 saturated heterocycles. The molecule has 82 valence electrons. The molecule has 0 aromatic carbocycles. The van der Waals surface area contributed by atoms with Crippen molar-refractivity contribution in [2.75, 3.05) is 12.4 Å². The van der Waals surface area contributed by atoms with Crippen molar-refractivity contribution >= 4 is 5.82 Å². The minimum absolute atomic E-state index is 0.553. The average molecular weight is 215 g/mol. The van der Waals surface area contributed by atoms with Crippen LogP contribution in [0.5, 0.6) is 11.6 Å². The highest BCUT2D eigenvalue weighted by Gasteiger charge is 1.99. The molecule has 0 amide bonds. The number of hydrogen-bond donors (Lipinski definition) is 1. The predicted molar refractivity (Wildman–Crippen MR) is 62.8 cm³/mol. The van der Waals surface area contributed by atoms with E-state index in [9.17, 15) is 0 Å². The monoisotopic (exact) mass is 215 g/mol. The van der Waals surface area contributed by atoms with Crippen molar-refractivity contribution in [3.05, 3.63) is 42.2 Å². The molecular formula is C12H13N3O. The Balaban J connectivity index is 2.16. The summed E-state index contributed by atoms with van der Waals surface area (Å²) in [5, 5.41) is 2.96. The minimum atomic E-state index is 0.553. The molecule has 0 radical (unpaired) electrons. The molecule has 0 aliphatic carbocycles. The van der Waals surface area contributed by atoms with Crippen LogP contribution in [0, 0.1) is 6.92 Å². The summed E-state index contributed by atoms with van der Waals surface area (Å²) in [5.41, 5.74) is 0.962. The van der Waals surface area contributed by atoms with Gasteiger partial charge >= 0.3 is 0 Å². The van der Waals surface area contributed by atoms with Crippen LogP contribution in [-0.4, -0.2) is 17.0 Å². The fourth-order valence-corrected chi connectivity index (χ4v) is 1.25. The average Bonchev–Trinajstić information content (AvgIpc) is 2.32. The maximum Gasteiger partial charge on any atom is 0.221 e. The molecule has 1 N–H and O–H groups in total. The number of aryl methyl sites for hydroxylation is 1. The number of ether oxygens (including phenoxy) is 1. The lowest BCUT2D eigenvalue weighted by molar-refractivity contribution is 0.461. The third-order valence-electron chi connectivity index (χ3n) is 2.09. The Kier molecular flexibility index (Phi) is 3.00. The predicted octanol–water partition coefficient (Wildman–Crippen LogP) is 2.62. The molecule has 0 aliphatic heterocycles. The van der Waals surface area contributed by atoms with E-state index in [1.165, 1.54) is 0 Å². The van der Waals surface area contributed by atoms with Crippen LogP contribution in [0.2, 0.25) is 0 Å². The number of anilines is 1. The molecule has 0 saturated carbocycles. The van der Waals surface area contributed by atoms with Gasteiger partial charge < -0.3 is 10.1 Å². The Morgan fingerprint density at radius 1 is 1.19 bits per heavy atom. The van der Waals surface area contributed by atoms with E-state index >= 15 is 0 Å². The molecule has 0 spiro atoms. The van der Waals surface area contributed by atoms with Crippen molar-refractivity contribution in [3.63, 3.8) is 0 Å². The lowest BCUT2D eigenvalue weighted by atomic mass is 10.4. The highest BCUT2D eigenvalue weighted by atomic mass is 16.5. The molecule has 2 heterocycles. The smallest absolute Gasteiger partial charge is 0.221 e. The van der Waals surface area contributed by atoms with Crippen LogP contribution in [0.4, 0.5) is 5.82 Å². The largest absolute Gasteiger partial charge is 0.437 e. The van der Waals surface area contributed by atoms with Crippen molar-refractivity contribution in [2.45, 2.75) is 6.92 Å². The van der Waals surface area contributed by atoms with Crippen molar-refractivity contribution in [3.8, 4) is 11.6 Å². The molecule has 0 aliphatic rings. The van der Waals surface area contributed by atoms with Crippen LogP contribution in [0.25, 0.3) is 0 Å². The zero-order valence-corrected chi connectivity index (χ0v) is 9.27. The van der Waals surface area contributed by atoms with Gasteiger partial charge in [-0.05, 0) is 25.1 Å². The van der Waals surface area contributed by atoms with E-state index in [0.29, 0.717) is 11.6 Å². The van der Waals surface area contributed by atoms with Gasteiger partial charge in [-0.25, -0.2) is 0 Å². The zero-order valence-electron chi connectivity index (χ0n) is 9.27. The van der Waals surface area contributed by atoms with Gasteiger partial charge in [-0.3, -0.25) is 4.98 Å². The topological polar surface area (TPSA) is 47.0 Å². The van der Waals surface area contributed by atoms with Gasteiger partial charge in [0.25, 0.3) is 0 Å². The second-order valence-electron chi connectivity index (χ2n) is 3.35. The quantitative estimate of drug-likeness (QED) is 0.855. The lowest BCUT2D eigenvalue weighted by Gasteiger charge is -2.05. The van der Waals surface area contributed by atoms with Crippen LogP contribution in [0.1, 0.15) is 5.69 Å². The molecule has 0 unspecified atom stereocenters. The maximum absolute atomic E-state index is 5.56. The zero-order chi connectivity index (χ0) is 11.4. The minimum Gasteiger partial charge on any atom is -0.437 e. The fraction of sp³-hybridized carbons (Fsp3) is 0.167. The second-order valence-corrected chi connectivity index (χ2v) is 3.35. The van der Waals surface area contributed by atoms with Gasteiger partial charge in [-0.15, -0.1) is 0 Å². The Labute approximate surface area is 94.3 Å². The first-order chi connectivity index (χ1) is 7.78. The van der Waals surface area contributed by atoms with Gasteiger partial charge in [0.05, 0.1) is 6.20 Å². The molecule has 2 aromatic heterocycles. The van der Waals surface area contributed by atoms with Crippen LogP contribution in [-0.2, 0) is 0 Å². The SMILES string of the molecule is CNc1cccc(Oc2ccc(C)nc2)n1. The molecule has 4 nitrogen and oxygen atoms in total. The van der Waals surface area contributed by atoms with Gasteiger partial charge in [0.15, 0.2) is 0 Å². The van der Waals surface area contributed by atoms with Crippen molar-refractivity contribution in [1.29, 1.82) is 0 Å². The first-order valence-corrected chi connectivity index (χ1v) is 5.03. The van der Waals surface area contributed by atoms with Crippen LogP contribution >= 0.6 is 0 Å². The van der Waals surface area contributed by atoms with Crippen molar-refractivity contribution in [2.24, 2.45) is 0 Å². The van der Waals surface area contributed by atoms with Crippen LogP contribution in [0.3, 0.4) is 0 Å². The van der Waals surface area contributed by atoms with Gasteiger partial charge in [0.1, 0.15) is 11.6 Å². The summed E-state index contributed by atoms with van der Waals surface area (Å²) in [6.07, 6.45) is 1.68. The third kappa shape index (κ3) is 2.48.